The SMILES string of the molecule is COc1ccc(-c2ccccc2)cc1CS(=O)(=O)c1cc(Cl)c(O)c(Br)c1. The summed E-state index contributed by atoms with van der Waals surface area (Å²) < 4.78 is 31.4. The Kier molecular flexibility index (Phi) is 5.79. The van der Waals surface area contributed by atoms with Crippen LogP contribution in [0.25, 0.3) is 11.1 Å². The van der Waals surface area contributed by atoms with Crippen molar-refractivity contribution in [3.05, 3.63) is 75.7 Å². The Hall–Kier alpha value is -2.02. The van der Waals surface area contributed by atoms with Gasteiger partial charge in [-0.25, -0.2) is 8.42 Å². The Morgan fingerprint density at radius 2 is 1.74 bits per heavy atom. The van der Waals surface area contributed by atoms with Crippen LogP contribution in [0.15, 0.2) is 70.0 Å². The van der Waals surface area contributed by atoms with Gasteiger partial charge < -0.3 is 9.84 Å². The summed E-state index contributed by atoms with van der Waals surface area (Å²) in [6.07, 6.45) is 0. The van der Waals surface area contributed by atoms with Crippen LogP contribution in [-0.4, -0.2) is 20.6 Å². The molecule has 3 rings (SSSR count). The molecule has 0 radical (unpaired) electrons. The Labute approximate surface area is 171 Å². The average Bonchev–Trinajstić information content (AvgIpc) is 2.66. The molecule has 140 valence electrons. The number of phenols is 1. The first kappa shape index (κ1) is 19.7. The van der Waals surface area contributed by atoms with Crippen molar-refractivity contribution in [2.24, 2.45) is 0 Å². The minimum absolute atomic E-state index is 0.0179. The third kappa shape index (κ3) is 4.29. The third-order valence-electron chi connectivity index (χ3n) is 4.08. The highest BCUT2D eigenvalue weighted by Crippen LogP contribution is 2.36. The molecule has 0 atom stereocenters. The lowest BCUT2D eigenvalue weighted by molar-refractivity contribution is 0.411. The van der Waals surface area contributed by atoms with Gasteiger partial charge in [-0.1, -0.05) is 48.0 Å². The molecule has 0 saturated carbocycles. The molecule has 0 fully saturated rings. The number of hydrogen-bond donors (Lipinski definition) is 1. The first-order chi connectivity index (χ1) is 12.8. The molecule has 1 N–H and O–H groups in total. The van der Waals surface area contributed by atoms with Crippen molar-refractivity contribution < 1.29 is 18.3 Å². The summed E-state index contributed by atoms with van der Waals surface area (Å²) in [6, 6.07) is 17.7. The van der Waals surface area contributed by atoms with E-state index in [2.05, 4.69) is 15.9 Å². The second-order valence-corrected chi connectivity index (χ2v) is 9.14. The second kappa shape index (κ2) is 7.92. The second-order valence-electron chi connectivity index (χ2n) is 5.89. The maximum atomic E-state index is 12.9. The lowest BCUT2D eigenvalue weighted by Gasteiger charge is -2.13. The zero-order valence-electron chi connectivity index (χ0n) is 14.3. The van der Waals surface area contributed by atoms with Crippen LogP contribution in [0.2, 0.25) is 5.02 Å². The number of hydrogen-bond acceptors (Lipinski definition) is 4. The van der Waals surface area contributed by atoms with Crippen LogP contribution in [-0.2, 0) is 15.6 Å². The number of ether oxygens (including phenoxy) is 1. The van der Waals surface area contributed by atoms with Crippen LogP contribution >= 0.6 is 27.5 Å². The molecule has 4 nitrogen and oxygen atoms in total. The first-order valence-corrected chi connectivity index (χ1v) is 10.8. The Balaban J connectivity index is 2.03. The third-order valence-corrected chi connectivity index (χ3v) is 6.62. The lowest BCUT2D eigenvalue weighted by atomic mass is 10.0. The molecule has 27 heavy (non-hydrogen) atoms. The van der Waals surface area contributed by atoms with Crippen molar-refractivity contribution in [3.8, 4) is 22.6 Å². The van der Waals surface area contributed by atoms with Gasteiger partial charge in [-0.3, -0.25) is 0 Å². The smallest absolute Gasteiger partial charge is 0.182 e. The van der Waals surface area contributed by atoms with Gasteiger partial charge in [0, 0.05) is 5.56 Å². The number of methoxy groups -OCH3 is 1. The molecule has 0 saturated heterocycles. The van der Waals surface area contributed by atoms with Crippen LogP contribution in [0.3, 0.4) is 0 Å². The van der Waals surface area contributed by atoms with Gasteiger partial charge in [-0.15, -0.1) is 0 Å². The van der Waals surface area contributed by atoms with E-state index in [4.69, 9.17) is 16.3 Å². The van der Waals surface area contributed by atoms with Gasteiger partial charge in [-0.2, -0.15) is 0 Å². The molecule has 0 bridgehead atoms. The molecule has 0 unspecified atom stereocenters. The molecule has 3 aromatic rings. The fourth-order valence-corrected chi connectivity index (χ4v) is 5.12. The van der Waals surface area contributed by atoms with E-state index in [0.29, 0.717) is 11.3 Å². The Morgan fingerprint density at radius 1 is 1.04 bits per heavy atom. The van der Waals surface area contributed by atoms with E-state index in [9.17, 15) is 13.5 Å². The summed E-state index contributed by atoms with van der Waals surface area (Å²) in [7, 11) is -2.21. The number of rotatable bonds is 5. The monoisotopic (exact) mass is 466 g/mol. The Bertz CT molecular complexity index is 1060. The molecule has 0 aromatic heterocycles. The van der Waals surface area contributed by atoms with E-state index in [0.717, 1.165) is 11.1 Å². The van der Waals surface area contributed by atoms with Crippen molar-refractivity contribution in [2.75, 3.05) is 7.11 Å². The molecule has 0 aliphatic carbocycles. The van der Waals surface area contributed by atoms with Crippen molar-refractivity contribution in [1.82, 2.24) is 0 Å². The fourth-order valence-electron chi connectivity index (χ4n) is 2.71. The molecule has 0 aliphatic rings. The minimum Gasteiger partial charge on any atom is -0.505 e. The van der Waals surface area contributed by atoms with Crippen molar-refractivity contribution in [2.45, 2.75) is 10.6 Å². The van der Waals surface area contributed by atoms with E-state index < -0.39 is 9.84 Å². The van der Waals surface area contributed by atoms with Gasteiger partial charge in [0.15, 0.2) is 9.84 Å². The first-order valence-electron chi connectivity index (χ1n) is 7.95. The predicted octanol–water partition coefficient (Wildman–Crippen LogP) is 5.46. The molecule has 7 heteroatoms. The van der Waals surface area contributed by atoms with Gasteiger partial charge in [0.05, 0.1) is 27.3 Å². The maximum Gasteiger partial charge on any atom is 0.182 e. The summed E-state index contributed by atoms with van der Waals surface area (Å²) in [4.78, 5) is 0.0179. The van der Waals surface area contributed by atoms with Gasteiger partial charge in [0.1, 0.15) is 11.5 Å². The topological polar surface area (TPSA) is 63.6 Å². The van der Waals surface area contributed by atoms with Crippen LogP contribution in [0, 0.1) is 0 Å². The molecular weight excluding hydrogens is 452 g/mol. The fraction of sp³-hybridized carbons (Fsp3) is 0.100. The van der Waals surface area contributed by atoms with E-state index >= 15 is 0 Å². The zero-order valence-corrected chi connectivity index (χ0v) is 17.5. The molecule has 0 spiro atoms. The quantitative estimate of drug-likeness (QED) is 0.541. The summed E-state index contributed by atoms with van der Waals surface area (Å²) in [5, 5.41) is 9.70. The number of phenolic OH excluding ortho intramolecular Hbond substituents is 1. The van der Waals surface area contributed by atoms with E-state index in [1.54, 1.807) is 6.07 Å². The summed E-state index contributed by atoms with van der Waals surface area (Å²) in [5.74, 6) is 0.0335. The van der Waals surface area contributed by atoms with Gasteiger partial charge in [0.2, 0.25) is 0 Å². The number of benzene rings is 3. The number of sulfone groups is 1. The highest BCUT2D eigenvalue weighted by Gasteiger charge is 2.21. The average molecular weight is 468 g/mol. The van der Waals surface area contributed by atoms with Crippen molar-refractivity contribution in [1.29, 1.82) is 0 Å². The molecular formula is C20H16BrClO4S. The van der Waals surface area contributed by atoms with Crippen LogP contribution in [0.5, 0.6) is 11.5 Å². The zero-order chi connectivity index (χ0) is 19.6. The van der Waals surface area contributed by atoms with Crippen molar-refractivity contribution in [3.63, 3.8) is 0 Å². The van der Waals surface area contributed by atoms with Crippen LogP contribution in [0.1, 0.15) is 5.56 Å². The van der Waals surface area contributed by atoms with Crippen molar-refractivity contribution >= 4 is 37.4 Å². The van der Waals surface area contributed by atoms with E-state index in [1.165, 1.54) is 19.2 Å². The highest BCUT2D eigenvalue weighted by atomic mass is 79.9. The van der Waals surface area contributed by atoms with E-state index in [1.807, 2.05) is 42.5 Å². The van der Waals surface area contributed by atoms with Crippen LogP contribution < -0.4 is 4.74 Å². The largest absolute Gasteiger partial charge is 0.505 e. The van der Waals surface area contributed by atoms with Crippen LogP contribution in [0.4, 0.5) is 0 Å². The predicted molar refractivity (Wildman–Crippen MR) is 110 cm³/mol. The summed E-state index contributed by atoms with van der Waals surface area (Å²) in [5.41, 5.74) is 2.42. The highest BCUT2D eigenvalue weighted by molar-refractivity contribution is 9.10. The van der Waals surface area contributed by atoms with Gasteiger partial charge in [0.25, 0.3) is 0 Å². The Morgan fingerprint density at radius 3 is 2.37 bits per heavy atom. The summed E-state index contributed by atoms with van der Waals surface area (Å²) >= 11 is 9.04. The van der Waals surface area contributed by atoms with Gasteiger partial charge >= 0.3 is 0 Å². The molecule has 0 aliphatic heterocycles. The summed E-state index contributed by atoms with van der Waals surface area (Å²) in [6.45, 7) is 0. The lowest BCUT2D eigenvalue weighted by Crippen LogP contribution is -2.07. The maximum absolute atomic E-state index is 12.9. The van der Waals surface area contributed by atoms with Gasteiger partial charge in [-0.05, 0) is 51.3 Å². The molecule has 0 heterocycles. The number of halogens is 2. The molecule has 3 aromatic carbocycles. The van der Waals surface area contributed by atoms with E-state index in [-0.39, 0.29) is 25.9 Å². The standard InChI is InChI=1S/C20H16BrClO4S/c1-26-19-8-7-14(13-5-3-2-4-6-13)9-15(19)12-27(24,25)16-10-17(21)20(23)18(22)11-16/h2-11,23H,12H2,1H3. The molecule has 0 amide bonds. The number of aromatic hydroxyl groups is 1. The normalized spacial score (nSPS) is 11.4. The minimum atomic E-state index is -3.71.